The summed E-state index contributed by atoms with van der Waals surface area (Å²) in [5, 5.41) is 0.844. The monoisotopic (exact) mass is 546 g/mol. The molecule has 0 fully saturated rings. The smallest absolute Gasteiger partial charge is 0.310 e. The highest BCUT2D eigenvalue weighted by Crippen LogP contribution is 2.32. The number of carbonyl (C=O) groups excluding carboxylic acids is 2. The third kappa shape index (κ3) is 5.79. The highest BCUT2D eigenvalue weighted by Gasteiger charge is 2.23. The molecule has 0 spiro atoms. The van der Waals surface area contributed by atoms with Crippen LogP contribution in [0.5, 0.6) is 11.5 Å². The van der Waals surface area contributed by atoms with E-state index in [2.05, 4.69) is 4.90 Å². The molecule has 7 heteroatoms. The number of carbonyl (C=O) groups is 2. The normalized spacial score (nSPS) is 14.3. The van der Waals surface area contributed by atoms with Crippen LogP contribution in [0.3, 0.4) is 0 Å². The second-order valence-electron chi connectivity index (χ2n) is 10.1. The molecule has 0 unspecified atom stereocenters. The number of anilines is 1. The zero-order valence-corrected chi connectivity index (χ0v) is 22.7. The lowest BCUT2D eigenvalue weighted by Crippen LogP contribution is -2.41. The van der Waals surface area contributed by atoms with Gasteiger partial charge in [-0.3, -0.25) is 14.2 Å². The number of likely N-dealkylation sites (N-methyl/N-ethyl adjacent to an activating group) is 1. The van der Waals surface area contributed by atoms with Crippen LogP contribution in [0, 0.1) is 0 Å². The van der Waals surface area contributed by atoms with Gasteiger partial charge in [-0.25, -0.2) is 0 Å². The van der Waals surface area contributed by atoms with Crippen molar-refractivity contribution in [2.45, 2.75) is 19.1 Å². The fourth-order valence-corrected chi connectivity index (χ4v) is 5.11. The van der Waals surface area contributed by atoms with Crippen LogP contribution in [0.2, 0.25) is 0 Å². The lowest BCUT2D eigenvalue weighted by atomic mass is 10.1. The third-order valence-electron chi connectivity index (χ3n) is 7.20. The summed E-state index contributed by atoms with van der Waals surface area (Å²) in [6.45, 7) is 1.35. The summed E-state index contributed by atoms with van der Waals surface area (Å²) in [5.74, 6) is 1.04. The molecule has 0 aliphatic carbocycles. The lowest BCUT2D eigenvalue weighted by molar-refractivity contribution is -0.144. The Morgan fingerprint density at radius 1 is 0.878 bits per heavy atom. The van der Waals surface area contributed by atoms with Gasteiger partial charge in [-0.05, 0) is 59.7 Å². The fraction of sp³-hybridized carbons (Fsp3) is 0.176. The molecule has 0 N–H and O–H groups in total. The molecule has 0 saturated carbocycles. The van der Waals surface area contributed by atoms with Gasteiger partial charge in [-0.2, -0.15) is 0 Å². The van der Waals surface area contributed by atoms with Crippen molar-refractivity contribution in [1.29, 1.82) is 0 Å². The first-order valence-electron chi connectivity index (χ1n) is 13.6. The summed E-state index contributed by atoms with van der Waals surface area (Å²) in [6, 6.07) is 32.1. The lowest BCUT2D eigenvalue weighted by Gasteiger charge is -2.33. The SMILES string of the molecule is CN1C[C@@H](COc2ccc(C(=O)n3ccc4c(CC(=O)OCc5ccccc5)cccc43)cc2)Oc2ccccc21. The molecule has 5 aromatic rings. The zero-order chi connectivity index (χ0) is 28.2. The van der Waals surface area contributed by atoms with E-state index >= 15 is 0 Å². The Hall–Kier alpha value is -5.04. The van der Waals surface area contributed by atoms with Crippen LogP contribution < -0.4 is 14.4 Å². The summed E-state index contributed by atoms with van der Waals surface area (Å²) in [7, 11) is 2.04. The first-order chi connectivity index (χ1) is 20.0. The molecule has 1 atom stereocenters. The minimum Gasteiger partial charge on any atom is -0.490 e. The maximum Gasteiger partial charge on any atom is 0.310 e. The molecular formula is C34H30N2O5. The highest BCUT2D eigenvalue weighted by molar-refractivity contribution is 6.03. The van der Waals surface area contributed by atoms with Crippen LogP contribution in [-0.4, -0.2) is 42.7 Å². The maximum atomic E-state index is 13.4. The number of para-hydroxylation sites is 2. The van der Waals surface area contributed by atoms with Crippen LogP contribution in [0.4, 0.5) is 5.69 Å². The van der Waals surface area contributed by atoms with E-state index in [0.29, 0.717) is 17.9 Å². The van der Waals surface area contributed by atoms with Crippen LogP contribution >= 0.6 is 0 Å². The molecule has 4 aromatic carbocycles. The second kappa shape index (κ2) is 11.6. The molecule has 0 radical (unpaired) electrons. The molecule has 0 amide bonds. The van der Waals surface area contributed by atoms with Crippen LogP contribution in [0.15, 0.2) is 109 Å². The number of ether oxygens (including phenoxy) is 3. The Morgan fingerprint density at radius 3 is 2.49 bits per heavy atom. The number of esters is 1. The molecule has 7 nitrogen and oxygen atoms in total. The number of aromatic nitrogens is 1. The predicted molar refractivity (Wildman–Crippen MR) is 158 cm³/mol. The molecule has 41 heavy (non-hydrogen) atoms. The van der Waals surface area contributed by atoms with Crippen molar-refractivity contribution in [3.63, 3.8) is 0 Å². The summed E-state index contributed by atoms with van der Waals surface area (Å²) >= 11 is 0. The van der Waals surface area contributed by atoms with E-state index < -0.39 is 0 Å². The number of hydrogen-bond acceptors (Lipinski definition) is 6. The van der Waals surface area contributed by atoms with Gasteiger partial charge in [-0.15, -0.1) is 0 Å². The maximum absolute atomic E-state index is 13.4. The second-order valence-corrected chi connectivity index (χ2v) is 10.1. The molecule has 1 aromatic heterocycles. The van der Waals surface area contributed by atoms with Crippen molar-refractivity contribution < 1.29 is 23.8 Å². The topological polar surface area (TPSA) is 70.0 Å². The number of benzene rings is 4. The molecule has 206 valence electrons. The van der Waals surface area contributed by atoms with Crippen molar-refractivity contribution in [3.05, 3.63) is 126 Å². The minimum atomic E-state index is -0.314. The average Bonchev–Trinajstić information content (AvgIpc) is 3.45. The largest absolute Gasteiger partial charge is 0.490 e. The van der Waals surface area contributed by atoms with Crippen molar-refractivity contribution in [2.24, 2.45) is 0 Å². The number of fused-ring (bicyclic) bond motifs is 2. The highest BCUT2D eigenvalue weighted by atomic mass is 16.5. The Kier molecular flexibility index (Phi) is 7.41. The van der Waals surface area contributed by atoms with Crippen LogP contribution in [0.25, 0.3) is 10.9 Å². The molecule has 1 aliphatic heterocycles. The van der Waals surface area contributed by atoms with Gasteiger partial charge < -0.3 is 19.1 Å². The van der Waals surface area contributed by atoms with Crippen molar-refractivity contribution >= 4 is 28.5 Å². The van der Waals surface area contributed by atoms with E-state index in [0.717, 1.165) is 40.0 Å². The Balaban J connectivity index is 1.09. The molecule has 0 saturated heterocycles. The minimum absolute atomic E-state index is 0.104. The van der Waals surface area contributed by atoms with Gasteiger partial charge in [0.15, 0.2) is 0 Å². The predicted octanol–water partition coefficient (Wildman–Crippen LogP) is 5.89. The zero-order valence-electron chi connectivity index (χ0n) is 22.7. The van der Waals surface area contributed by atoms with E-state index in [4.69, 9.17) is 14.2 Å². The quantitative estimate of drug-likeness (QED) is 0.226. The average molecular weight is 547 g/mol. The molecular weight excluding hydrogens is 516 g/mol. The third-order valence-corrected chi connectivity index (χ3v) is 7.20. The van der Waals surface area contributed by atoms with Gasteiger partial charge in [-0.1, -0.05) is 54.6 Å². The number of nitrogens with zero attached hydrogens (tertiary/aromatic N) is 2. The van der Waals surface area contributed by atoms with E-state index in [1.54, 1.807) is 35.0 Å². The number of hydrogen-bond donors (Lipinski definition) is 0. The summed E-state index contributed by atoms with van der Waals surface area (Å²) in [5.41, 5.74) is 4.09. The summed E-state index contributed by atoms with van der Waals surface area (Å²) < 4.78 is 19.1. The molecule has 2 heterocycles. The Morgan fingerprint density at radius 2 is 1.66 bits per heavy atom. The van der Waals surface area contributed by atoms with Gasteiger partial charge in [0.1, 0.15) is 30.8 Å². The van der Waals surface area contributed by atoms with Crippen molar-refractivity contribution in [2.75, 3.05) is 25.1 Å². The molecule has 6 rings (SSSR count). The Bertz CT molecular complexity index is 1680. The molecule has 1 aliphatic rings. The van der Waals surface area contributed by atoms with Crippen molar-refractivity contribution in [3.8, 4) is 11.5 Å². The van der Waals surface area contributed by atoms with E-state index in [-0.39, 0.29) is 31.0 Å². The van der Waals surface area contributed by atoms with Gasteiger partial charge in [0.05, 0.1) is 24.2 Å². The van der Waals surface area contributed by atoms with Crippen molar-refractivity contribution in [1.82, 2.24) is 4.57 Å². The molecule has 0 bridgehead atoms. The first kappa shape index (κ1) is 26.2. The summed E-state index contributed by atoms with van der Waals surface area (Å²) in [6.07, 6.45) is 1.76. The van der Waals surface area contributed by atoms with Crippen LogP contribution in [0.1, 0.15) is 21.5 Å². The summed E-state index contributed by atoms with van der Waals surface area (Å²) in [4.78, 5) is 28.1. The van der Waals surface area contributed by atoms with E-state index in [1.165, 1.54) is 0 Å². The Labute approximate surface area is 238 Å². The van der Waals surface area contributed by atoms with Gasteiger partial charge in [0.2, 0.25) is 0 Å². The van der Waals surface area contributed by atoms with Gasteiger partial charge in [0.25, 0.3) is 5.91 Å². The standard InChI is InChI=1S/C34H30N2O5/c1-35-21-28(41-32-13-6-5-11-31(32)35)23-39-27-16-14-25(15-17-27)34(38)36-19-18-29-26(10-7-12-30(29)36)20-33(37)40-22-24-8-3-2-4-9-24/h2-19,28H,20-23H2,1H3/t28-/m0/s1. The number of rotatable bonds is 8. The fourth-order valence-electron chi connectivity index (χ4n) is 5.11. The van der Waals surface area contributed by atoms with Gasteiger partial charge in [0, 0.05) is 24.2 Å². The first-order valence-corrected chi connectivity index (χ1v) is 13.6. The van der Waals surface area contributed by atoms with Crippen LogP contribution in [-0.2, 0) is 22.6 Å². The van der Waals surface area contributed by atoms with E-state index in [1.807, 2.05) is 85.9 Å². The van der Waals surface area contributed by atoms with E-state index in [9.17, 15) is 9.59 Å². The van der Waals surface area contributed by atoms with Gasteiger partial charge >= 0.3 is 5.97 Å².